The van der Waals surface area contributed by atoms with E-state index in [0.717, 1.165) is 62.6 Å². The molecule has 170 valence electrons. The van der Waals surface area contributed by atoms with E-state index < -0.39 is 0 Å². The average Bonchev–Trinajstić information content (AvgIpc) is 3.05. The number of imidazole rings is 1. The van der Waals surface area contributed by atoms with Crippen LogP contribution in [0, 0.1) is 23.2 Å². The second-order valence-corrected chi connectivity index (χ2v) is 11.0. The zero-order chi connectivity index (χ0) is 21.9. The van der Waals surface area contributed by atoms with Crippen molar-refractivity contribution in [1.82, 2.24) is 14.0 Å². The number of aromatic nitrogens is 2. The van der Waals surface area contributed by atoms with E-state index in [1.165, 1.54) is 19.3 Å². The lowest BCUT2D eigenvalue weighted by molar-refractivity contribution is -0.144. The number of ketones is 1. The Bertz CT molecular complexity index is 1090. The van der Waals surface area contributed by atoms with Gasteiger partial charge in [0.2, 0.25) is 5.91 Å². The maximum Gasteiger partial charge on any atom is 0.330 e. The van der Waals surface area contributed by atoms with Crippen LogP contribution in [0.2, 0.25) is 0 Å². The standard InChI is InChI=1S/C26H33N3O3/c30-23(26-13-18-10-19(14-26)12-20(11-18)15-26)16-28-21-6-2-3-7-22(21)29(25(28)32)17-24(31)27-8-4-1-5-9-27/h2-3,6-7,18-20H,1,4-5,8-17H2. The number of carbonyl (C=O) groups is 2. The van der Waals surface area contributed by atoms with Crippen LogP contribution in [-0.2, 0) is 22.7 Å². The van der Waals surface area contributed by atoms with Gasteiger partial charge in [-0.1, -0.05) is 12.1 Å². The van der Waals surface area contributed by atoms with Crippen LogP contribution in [0.5, 0.6) is 0 Å². The normalized spacial score (nSPS) is 31.4. The lowest BCUT2D eigenvalue weighted by Crippen LogP contribution is -2.51. The number of hydrogen-bond acceptors (Lipinski definition) is 3. The molecule has 4 aliphatic carbocycles. The minimum Gasteiger partial charge on any atom is -0.341 e. The first kappa shape index (κ1) is 20.3. The monoisotopic (exact) mass is 435 g/mol. The summed E-state index contributed by atoms with van der Waals surface area (Å²) in [5.41, 5.74) is 1.07. The molecule has 1 aliphatic heterocycles. The second-order valence-electron chi connectivity index (χ2n) is 11.0. The zero-order valence-corrected chi connectivity index (χ0v) is 18.8. The molecule has 6 nitrogen and oxygen atoms in total. The van der Waals surface area contributed by atoms with Crippen molar-refractivity contribution in [1.29, 1.82) is 0 Å². The number of nitrogens with zero attached hydrogens (tertiary/aromatic N) is 3. The van der Waals surface area contributed by atoms with E-state index in [1.54, 1.807) is 9.13 Å². The molecule has 1 aromatic heterocycles. The van der Waals surface area contributed by atoms with Gasteiger partial charge in [0.15, 0.2) is 5.78 Å². The highest BCUT2D eigenvalue weighted by Gasteiger charge is 2.54. The summed E-state index contributed by atoms with van der Waals surface area (Å²) in [5, 5.41) is 0. The molecule has 1 aromatic carbocycles. The molecule has 4 bridgehead atoms. The van der Waals surface area contributed by atoms with Crippen molar-refractivity contribution in [2.45, 2.75) is 70.9 Å². The predicted molar refractivity (Wildman–Crippen MR) is 122 cm³/mol. The Hall–Kier alpha value is -2.37. The van der Waals surface area contributed by atoms with Gasteiger partial charge in [-0.25, -0.2) is 4.79 Å². The van der Waals surface area contributed by atoms with Gasteiger partial charge in [0, 0.05) is 18.5 Å². The molecule has 0 spiro atoms. The molecule has 0 unspecified atom stereocenters. The third-order valence-corrected chi connectivity index (χ3v) is 8.86. The van der Waals surface area contributed by atoms with Gasteiger partial charge >= 0.3 is 5.69 Å². The molecule has 2 aromatic rings. The Labute approximate surface area is 188 Å². The van der Waals surface area contributed by atoms with Crippen LogP contribution in [-0.4, -0.2) is 38.8 Å². The highest BCUT2D eigenvalue weighted by molar-refractivity contribution is 5.87. The molecule has 6 heteroatoms. The number of likely N-dealkylation sites (tertiary alicyclic amines) is 1. The van der Waals surface area contributed by atoms with Gasteiger partial charge in [0.05, 0.1) is 17.6 Å². The lowest BCUT2D eigenvalue weighted by Gasteiger charge is -2.56. The number of piperidine rings is 1. The molecular formula is C26H33N3O3. The van der Waals surface area contributed by atoms with Gasteiger partial charge in [-0.3, -0.25) is 18.7 Å². The van der Waals surface area contributed by atoms with Gasteiger partial charge in [-0.15, -0.1) is 0 Å². The fourth-order valence-electron chi connectivity index (χ4n) is 7.72. The molecule has 0 atom stereocenters. The van der Waals surface area contributed by atoms with Crippen molar-refractivity contribution in [2.75, 3.05) is 13.1 Å². The van der Waals surface area contributed by atoms with Crippen molar-refractivity contribution < 1.29 is 9.59 Å². The Morgan fingerprint density at radius 3 is 1.91 bits per heavy atom. The fourth-order valence-corrected chi connectivity index (χ4v) is 7.72. The Morgan fingerprint density at radius 1 is 0.812 bits per heavy atom. The van der Waals surface area contributed by atoms with E-state index >= 15 is 0 Å². The first-order valence-electron chi connectivity index (χ1n) is 12.5. The van der Waals surface area contributed by atoms with Crippen LogP contribution in [0.4, 0.5) is 0 Å². The molecule has 1 amide bonds. The van der Waals surface area contributed by atoms with Crippen LogP contribution in [0.25, 0.3) is 11.0 Å². The SMILES string of the molecule is O=C(Cn1c(=O)n(CC(=O)C23CC4CC(CC(C4)C2)C3)c2ccccc21)N1CCCCC1. The zero-order valence-electron chi connectivity index (χ0n) is 18.8. The van der Waals surface area contributed by atoms with Gasteiger partial charge < -0.3 is 4.90 Å². The summed E-state index contributed by atoms with van der Waals surface area (Å²) in [4.78, 5) is 42.0. The fraction of sp³-hybridized carbons (Fsp3) is 0.654. The highest BCUT2D eigenvalue weighted by Crippen LogP contribution is 2.60. The molecular weight excluding hydrogens is 402 g/mol. The number of para-hydroxylation sites is 2. The Kier molecular flexibility index (Phi) is 4.81. The van der Waals surface area contributed by atoms with Crippen molar-refractivity contribution in [3.8, 4) is 0 Å². The van der Waals surface area contributed by atoms with Gasteiger partial charge in [0.1, 0.15) is 6.54 Å². The first-order chi connectivity index (χ1) is 15.5. The van der Waals surface area contributed by atoms with Crippen molar-refractivity contribution in [3.05, 3.63) is 34.7 Å². The summed E-state index contributed by atoms with van der Waals surface area (Å²) >= 11 is 0. The number of amides is 1. The van der Waals surface area contributed by atoms with Crippen molar-refractivity contribution in [2.24, 2.45) is 23.2 Å². The van der Waals surface area contributed by atoms with Crippen LogP contribution >= 0.6 is 0 Å². The smallest absolute Gasteiger partial charge is 0.330 e. The van der Waals surface area contributed by atoms with Crippen LogP contribution in [0.1, 0.15) is 57.8 Å². The quantitative estimate of drug-likeness (QED) is 0.721. The summed E-state index contributed by atoms with van der Waals surface area (Å²) in [6.45, 7) is 1.74. The van der Waals surface area contributed by atoms with E-state index in [2.05, 4.69) is 0 Å². The maximum absolute atomic E-state index is 13.7. The summed E-state index contributed by atoms with van der Waals surface area (Å²) < 4.78 is 3.22. The molecule has 0 radical (unpaired) electrons. The maximum atomic E-state index is 13.7. The summed E-state index contributed by atoms with van der Waals surface area (Å²) in [6.07, 6.45) is 10.1. The third-order valence-electron chi connectivity index (χ3n) is 8.86. The second kappa shape index (κ2) is 7.60. The van der Waals surface area contributed by atoms with E-state index in [4.69, 9.17) is 0 Å². The van der Waals surface area contributed by atoms with E-state index in [9.17, 15) is 14.4 Å². The van der Waals surface area contributed by atoms with E-state index in [-0.39, 0.29) is 35.9 Å². The molecule has 1 saturated heterocycles. The molecule has 4 saturated carbocycles. The molecule has 7 rings (SSSR count). The summed E-state index contributed by atoms with van der Waals surface area (Å²) in [5.74, 6) is 2.34. The van der Waals surface area contributed by atoms with E-state index in [1.807, 2.05) is 29.2 Å². The van der Waals surface area contributed by atoms with Gasteiger partial charge in [0.25, 0.3) is 0 Å². The minimum absolute atomic E-state index is 0.00196. The van der Waals surface area contributed by atoms with Crippen LogP contribution < -0.4 is 5.69 Å². The molecule has 32 heavy (non-hydrogen) atoms. The molecule has 5 aliphatic rings. The number of Topliss-reactive ketones (excluding diaryl/α,β-unsaturated/α-hetero) is 1. The Morgan fingerprint density at radius 2 is 1.34 bits per heavy atom. The van der Waals surface area contributed by atoms with Crippen molar-refractivity contribution >= 4 is 22.7 Å². The average molecular weight is 436 g/mol. The minimum atomic E-state index is -0.227. The third kappa shape index (κ3) is 3.25. The number of carbonyl (C=O) groups excluding carboxylic acids is 2. The number of hydrogen-bond donors (Lipinski definition) is 0. The van der Waals surface area contributed by atoms with Crippen molar-refractivity contribution in [3.63, 3.8) is 0 Å². The van der Waals surface area contributed by atoms with Crippen LogP contribution in [0.3, 0.4) is 0 Å². The molecule has 2 heterocycles. The Balaban J connectivity index is 1.30. The highest BCUT2D eigenvalue weighted by atomic mass is 16.2. The van der Waals surface area contributed by atoms with E-state index in [0.29, 0.717) is 17.8 Å². The topological polar surface area (TPSA) is 64.3 Å². The molecule has 5 fully saturated rings. The predicted octanol–water partition coefficient (Wildman–Crippen LogP) is 3.60. The number of fused-ring (bicyclic) bond motifs is 1. The molecule has 0 N–H and O–H groups in total. The summed E-state index contributed by atoms with van der Waals surface area (Å²) in [6, 6.07) is 7.61. The van der Waals surface area contributed by atoms with Crippen LogP contribution in [0.15, 0.2) is 29.1 Å². The summed E-state index contributed by atoms with van der Waals surface area (Å²) in [7, 11) is 0. The van der Waals surface area contributed by atoms with Gasteiger partial charge in [-0.2, -0.15) is 0 Å². The lowest BCUT2D eigenvalue weighted by atomic mass is 9.48. The van der Waals surface area contributed by atoms with Gasteiger partial charge in [-0.05, 0) is 87.7 Å². The number of benzene rings is 1. The first-order valence-corrected chi connectivity index (χ1v) is 12.5. The number of rotatable bonds is 5. The largest absolute Gasteiger partial charge is 0.341 e.